The molecule has 0 heterocycles. The van der Waals surface area contributed by atoms with Gasteiger partial charge in [0.2, 0.25) is 0 Å². The molecule has 78 valence electrons. The Morgan fingerprint density at radius 3 is 2.31 bits per heavy atom. The lowest BCUT2D eigenvalue weighted by Crippen LogP contribution is -2.27. The lowest BCUT2D eigenvalue weighted by atomic mass is 10.0. The molecular weight excluding hydrogens is 168 g/mol. The van der Waals surface area contributed by atoms with Crippen molar-refractivity contribution in [1.29, 1.82) is 0 Å². The summed E-state index contributed by atoms with van der Waals surface area (Å²) in [4.78, 5) is 10.9. The van der Waals surface area contributed by atoms with Gasteiger partial charge in [0.05, 0.1) is 0 Å². The number of aliphatic hydroxyl groups is 2. The molecule has 0 saturated carbocycles. The normalized spacial score (nSPS) is 11.7. The maximum atomic E-state index is 10.9. The Balaban J connectivity index is 3.56. The van der Waals surface area contributed by atoms with Crippen LogP contribution in [0.1, 0.15) is 52.4 Å². The molecule has 0 atom stereocenters. The van der Waals surface area contributed by atoms with Crippen LogP contribution in [0.5, 0.6) is 0 Å². The van der Waals surface area contributed by atoms with Crippen LogP contribution in [0.15, 0.2) is 0 Å². The zero-order valence-corrected chi connectivity index (χ0v) is 8.55. The summed E-state index contributed by atoms with van der Waals surface area (Å²) >= 11 is 0. The average Bonchev–Trinajstić information content (AvgIpc) is 2.03. The van der Waals surface area contributed by atoms with E-state index in [1.54, 1.807) is 0 Å². The van der Waals surface area contributed by atoms with Gasteiger partial charge in [-0.3, -0.25) is 4.79 Å². The molecule has 0 spiro atoms. The van der Waals surface area contributed by atoms with E-state index in [0.717, 1.165) is 6.42 Å². The molecule has 0 amide bonds. The molecule has 3 heteroatoms. The Hall–Kier alpha value is -0.410. The molecule has 0 aliphatic rings. The van der Waals surface area contributed by atoms with Crippen LogP contribution in [-0.2, 0) is 4.79 Å². The standard InChI is InChI=1S/C10H20O3/c1-3-7-10(12,13)8-5-6-9(11)4-2/h12-13H,3-8H2,1-2H3. The number of hydrogen-bond acceptors (Lipinski definition) is 3. The first-order valence-corrected chi connectivity index (χ1v) is 4.98. The highest BCUT2D eigenvalue weighted by atomic mass is 16.5. The summed E-state index contributed by atoms with van der Waals surface area (Å²) in [5, 5.41) is 18.7. The monoisotopic (exact) mass is 188 g/mol. The van der Waals surface area contributed by atoms with Crippen molar-refractivity contribution in [3.8, 4) is 0 Å². The molecule has 0 aromatic rings. The summed E-state index contributed by atoms with van der Waals surface area (Å²) in [6.45, 7) is 3.72. The van der Waals surface area contributed by atoms with Crippen molar-refractivity contribution in [3.63, 3.8) is 0 Å². The fraction of sp³-hybridized carbons (Fsp3) is 0.900. The molecular formula is C10H20O3. The van der Waals surface area contributed by atoms with Crippen molar-refractivity contribution in [2.24, 2.45) is 0 Å². The molecule has 0 unspecified atom stereocenters. The topological polar surface area (TPSA) is 57.5 Å². The summed E-state index contributed by atoms with van der Waals surface area (Å²) in [7, 11) is 0. The lowest BCUT2D eigenvalue weighted by Gasteiger charge is -2.20. The minimum absolute atomic E-state index is 0.187. The van der Waals surface area contributed by atoms with Crippen LogP contribution < -0.4 is 0 Å². The van der Waals surface area contributed by atoms with Crippen molar-refractivity contribution in [1.82, 2.24) is 0 Å². The van der Waals surface area contributed by atoms with E-state index in [2.05, 4.69) is 0 Å². The van der Waals surface area contributed by atoms with Gasteiger partial charge in [0.1, 0.15) is 5.78 Å². The first-order valence-electron chi connectivity index (χ1n) is 4.98. The fourth-order valence-electron chi connectivity index (χ4n) is 1.27. The molecule has 0 radical (unpaired) electrons. The van der Waals surface area contributed by atoms with Crippen LogP contribution in [0.2, 0.25) is 0 Å². The molecule has 0 aromatic heterocycles. The Kier molecular flexibility index (Phi) is 5.91. The van der Waals surface area contributed by atoms with Gasteiger partial charge in [-0.1, -0.05) is 20.3 Å². The summed E-state index contributed by atoms with van der Waals surface area (Å²) in [5.41, 5.74) is 0. The molecule has 0 fully saturated rings. The SMILES string of the molecule is CCCC(O)(O)CCCC(=O)CC. The molecule has 2 N–H and O–H groups in total. The van der Waals surface area contributed by atoms with Crippen molar-refractivity contribution in [2.75, 3.05) is 0 Å². The second-order valence-corrected chi connectivity index (χ2v) is 3.48. The minimum Gasteiger partial charge on any atom is -0.366 e. The quantitative estimate of drug-likeness (QED) is 0.597. The lowest BCUT2D eigenvalue weighted by molar-refractivity contribution is -0.171. The highest BCUT2D eigenvalue weighted by Crippen LogP contribution is 2.16. The van der Waals surface area contributed by atoms with Gasteiger partial charge < -0.3 is 10.2 Å². The average molecular weight is 188 g/mol. The summed E-state index contributed by atoms with van der Waals surface area (Å²) in [6.07, 6.45) is 3.00. The van der Waals surface area contributed by atoms with E-state index in [1.165, 1.54) is 0 Å². The van der Waals surface area contributed by atoms with Crippen LogP contribution in [0, 0.1) is 0 Å². The van der Waals surface area contributed by atoms with E-state index in [-0.39, 0.29) is 5.78 Å². The largest absolute Gasteiger partial charge is 0.366 e. The molecule has 0 rings (SSSR count). The number of rotatable bonds is 7. The Morgan fingerprint density at radius 1 is 1.23 bits per heavy atom. The van der Waals surface area contributed by atoms with Crippen LogP contribution in [0.4, 0.5) is 0 Å². The first-order chi connectivity index (χ1) is 6.02. The van der Waals surface area contributed by atoms with Crippen molar-refractivity contribution in [2.45, 2.75) is 58.2 Å². The van der Waals surface area contributed by atoms with Gasteiger partial charge in [0.25, 0.3) is 0 Å². The molecule has 0 aromatic carbocycles. The van der Waals surface area contributed by atoms with E-state index >= 15 is 0 Å². The van der Waals surface area contributed by atoms with Crippen molar-refractivity contribution < 1.29 is 15.0 Å². The number of Topliss-reactive ketones (excluding diaryl/α,β-unsaturated/α-hetero) is 1. The third-order valence-corrected chi connectivity index (χ3v) is 2.08. The number of carbonyl (C=O) groups excluding carboxylic acids is 1. The Bertz CT molecular complexity index is 152. The second kappa shape index (κ2) is 6.11. The van der Waals surface area contributed by atoms with E-state index in [1.807, 2.05) is 13.8 Å². The van der Waals surface area contributed by atoms with Crippen molar-refractivity contribution in [3.05, 3.63) is 0 Å². The van der Waals surface area contributed by atoms with Crippen molar-refractivity contribution >= 4 is 5.78 Å². The zero-order valence-electron chi connectivity index (χ0n) is 8.55. The molecule has 0 aliphatic carbocycles. The van der Waals surface area contributed by atoms with E-state index in [9.17, 15) is 15.0 Å². The maximum Gasteiger partial charge on any atom is 0.162 e. The molecule has 3 nitrogen and oxygen atoms in total. The van der Waals surface area contributed by atoms with Crippen LogP contribution in [-0.4, -0.2) is 21.8 Å². The van der Waals surface area contributed by atoms with Crippen LogP contribution in [0.25, 0.3) is 0 Å². The minimum atomic E-state index is -1.57. The van der Waals surface area contributed by atoms with E-state index in [0.29, 0.717) is 32.1 Å². The highest BCUT2D eigenvalue weighted by Gasteiger charge is 2.20. The summed E-state index contributed by atoms with van der Waals surface area (Å²) in [6, 6.07) is 0. The first kappa shape index (κ1) is 12.6. The van der Waals surface area contributed by atoms with Gasteiger partial charge >= 0.3 is 0 Å². The van der Waals surface area contributed by atoms with Gasteiger partial charge in [0.15, 0.2) is 5.79 Å². The molecule has 13 heavy (non-hydrogen) atoms. The third kappa shape index (κ3) is 6.72. The van der Waals surface area contributed by atoms with Crippen LogP contribution >= 0.6 is 0 Å². The molecule has 0 bridgehead atoms. The smallest absolute Gasteiger partial charge is 0.162 e. The van der Waals surface area contributed by atoms with Gasteiger partial charge in [0, 0.05) is 25.7 Å². The van der Waals surface area contributed by atoms with Crippen LogP contribution in [0.3, 0.4) is 0 Å². The van der Waals surface area contributed by atoms with E-state index in [4.69, 9.17) is 0 Å². The van der Waals surface area contributed by atoms with Gasteiger partial charge in [-0.15, -0.1) is 0 Å². The number of ketones is 1. The fourth-order valence-corrected chi connectivity index (χ4v) is 1.27. The van der Waals surface area contributed by atoms with Gasteiger partial charge in [-0.05, 0) is 6.42 Å². The molecule has 0 aliphatic heterocycles. The second-order valence-electron chi connectivity index (χ2n) is 3.48. The predicted molar refractivity (Wildman–Crippen MR) is 51.2 cm³/mol. The summed E-state index contributed by atoms with van der Waals surface area (Å²) < 4.78 is 0. The summed E-state index contributed by atoms with van der Waals surface area (Å²) in [5.74, 6) is -1.38. The third-order valence-electron chi connectivity index (χ3n) is 2.08. The Morgan fingerprint density at radius 2 is 1.85 bits per heavy atom. The Labute approximate surface area is 79.8 Å². The van der Waals surface area contributed by atoms with Gasteiger partial charge in [-0.2, -0.15) is 0 Å². The number of carbonyl (C=O) groups is 1. The van der Waals surface area contributed by atoms with E-state index < -0.39 is 5.79 Å². The predicted octanol–water partition coefficient (Wildman–Crippen LogP) is 1.62. The maximum absolute atomic E-state index is 10.9. The number of hydrogen-bond donors (Lipinski definition) is 2. The van der Waals surface area contributed by atoms with Gasteiger partial charge in [-0.25, -0.2) is 0 Å². The highest BCUT2D eigenvalue weighted by molar-refractivity contribution is 5.77. The zero-order chi connectivity index (χ0) is 10.3. The molecule has 0 saturated heterocycles.